The molecule has 0 saturated carbocycles. The number of rotatable bonds is 8. The van der Waals surface area contributed by atoms with E-state index in [1.807, 2.05) is 44.2 Å². The molecule has 3 aromatic rings. The first-order chi connectivity index (χ1) is 16.9. The topological polar surface area (TPSA) is 89.8 Å². The lowest BCUT2D eigenvalue weighted by molar-refractivity contribution is -0.159. The number of nitrogens with one attached hydrogen (secondary N) is 1. The molecule has 4 rings (SSSR count). The number of piperazine rings is 1. The quantitative estimate of drug-likeness (QED) is 0.387. The lowest BCUT2D eigenvalue weighted by Crippen LogP contribution is -2.70. The highest BCUT2D eigenvalue weighted by Crippen LogP contribution is 2.37. The third-order valence-corrected chi connectivity index (χ3v) is 7.15. The van der Waals surface area contributed by atoms with E-state index in [4.69, 9.17) is 0 Å². The summed E-state index contributed by atoms with van der Waals surface area (Å²) < 4.78 is -0.0495. The molecule has 2 aromatic carbocycles. The number of benzene rings is 2. The van der Waals surface area contributed by atoms with Gasteiger partial charge in [-0.25, -0.2) is 14.3 Å². The molecule has 1 saturated heterocycles. The molecule has 1 fully saturated rings. The van der Waals surface area contributed by atoms with Crippen LogP contribution in [0, 0.1) is 25.2 Å². The molecule has 7 heteroatoms. The fraction of sp³-hybridized carbons (Fsp3) is 0.357. The number of nitriles is 1. The van der Waals surface area contributed by atoms with Gasteiger partial charge < -0.3 is 9.88 Å². The van der Waals surface area contributed by atoms with Crippen LogP contribution in [0.5, 0.6) is 0 Å². The minimum atomic E-state index is -0.457. The molecule has 2 heterocycles. The summed E-state index contributed by atoms with van der Waals surface area (Å²) in [5, 5.41) is 9.21. The zero-order valence-electron chi connectivity index (χ0n) is 20.6. The number of unbranched alkanes of at least 4 members (excludes halogenated alkanes) is 1. The summed E-state index contributed by atoms with van der Waals surface area (Å²) in [6.07, 6.45) is 6.09. The average molecular weight is 471 g/mol. The largest absolute Gasteiger partial charge is 0.409 e. The van der Waals surface area contributed by atoms with Crippen LogP contribution < -0.4 is 4.48 Å². The summed E-state index contributed by atoms with van der Waals surface area (Å²) in [5.74, 6) is -0.878. The van der Waals surface area contributed by atoms with Crippen molar-refractivity contribution in [1.82, 2.24) is 19.4 Å². The second kappa shape index (κ2) is 10.2. The van der Waals surface area contributed by atoms with Crippen LogP contribution in [0.4, 0.5) is 5.69 Å². The first kappa shape index (κ1) is 24.4. The van der Waals surface area contributed by atoms with E-state index in [9.17, 15) is 14.9 Å². The Bertz CT molecular complexity index is 1240. The Kier molecular flexibility index (Phi) is 7.13. The Labute approximate surface area is 206 Å². The van der Waals surface area contributed by atoms with E-state index in [1.165, 1.54) is 0 Å². The molecular formula is C28H32N5O2+. The standard InChI is InChI=1S/C28H32N5O2/c1-4-5-8-25-18-33(26-9-6-7-20(2)21(26)3,17-23-12-10-22(14-29)11-13-23)28(35)27(34)32(25)16-24-15-30-19-31-24/h6-7,9-13,15,19,25H,4-5,8,16-18H2,1-3H3,(H,30,31)/q+1/t25?,33-/m0/s1. The normalized spacial score (nSPS) is 20.2. The van der Waals surface area contributed by atoms with Crippen LogP contribution in [0.1, 0.15) is 54.1 Å². The number of aromatic nitrogens is 2. The summed E-state index contributed by atoms with van der Waals surface area (Å²) in [6, 6.07) is 15.3. The predicted octanol–water partition coefficient (Wildman–Crippen LogP) is 4.53. The number of hydrogen-bond acceptors (Lipinski definition) is 4. The van der Waals surface area contributed by atoms with Gasteiger partial charge in [0.15, 0.2) is 0 Å². The number of imidazole rings is 1. The van der Waals surface area contributed by atoms with Crippen LogP contribution in [0.2, 0.25) is 0 Å². The first-order valence-electron chi connectivity index (χ1n) is 12.1. The molecule has 1 aromatic heterocycles. The van der Waals surface area contributed by atoms with Crippen LogP contribution in [-0.4, -0.2) is 39.3 Å². The van der Waals surface area contributed by atoms with E-state index >= 15 is 0 Å². The molecule has 2 amide bonds. The molecule has 35 heavy (non-hydrogen) atoms. The van der Waals surface area contributed by atoms with Crippen molar-refractivity contribution in [2.75, 3.05) is 6.54 Å². The van der Waals surface area contributed by atoms with Gasteiger partial charge in [-0.2, -0.15) is 5.26 Å². The summed E-state index contributed by atoms with van der Waals surface area (Å²) in [4.78, 5) is 36.8. The molecule has 1 aliphatic rings. The Morgan fingerprint density at radius 3 is 2.60 bits per heavy atom. The third-order valence-electron chi connectivity index (χ3n) is 7.15. The van der Waals surface area contributed by atoms with E-state index in [-0.39, 0.29) is 10.5 Å². The highest BCUT2D eigenvalue weighted by molar-refractivity contribution is 6.39. The van der Waals surface area contributed by atoms with E-state index in [0.717, 1.165) is 47.3 Å². The van der Waals surface area contributed by atoms with Crippen molar-refractivity contribution >= 4 is 17.5 Å². The maximum Gasteiger partial charge on any atom is 0.409 e. The fourth-order valence-electron chi connectivity index (χ4n) is 5.08. The van der Waals surface area contributed by atoms with Crippen molar-refractivity contribution in [1.29, 1.82) is 5.26 Å². The third kappa shape index (κ3) is 4.75. The molecular weight excluding hydrogens is 438 g/mol. The Hall–Kier alpha value is -3.76. The Morgan fingerprint density at radius 2 is 1.94 bits per heavy atom. The van der Waals surface area contributed by atoms with Gasteiger partial charge in [0.25, 0.3) is 0 Å². The number of aryl methyl sites for hydroxylation is 1. The van der Waals surface area contributed by atoms with Crippen LogP contribution in [-0.2, 0) is 22.7 Å². The van der Waals surface area contributed by atoms with Gasteiger partial charge in [-0.1, -0.05) is 44.0 Å². The molecule has 0 bridgehead atoms. The second-order valence-corrected chi connectivity index (χ2v) is 9.45. The van der Waals surface area contributed by atoms with Gasteiger partial charge in [0, 0.05) is 17.3 Å². The number of quaternary nitrogens is 1. The summed E-state index contributed by atoms with van der Waals surface area (Å²) >= 11 is 0. The van der Waals surface area contributed by atoms with Crippen LogP contribution in [0.3, 0.4) is 0 Å². The number of nitrogens with zero attached hydrogens (tertiary/aromatic N) is 4. The van der Waals surface area contributed by atoms with E-state index in [0.29, 0.717) is 25.2 Å². The highest BCUT2D eigenvalue weighted by Gasteiger charge is 2.54. The van der Waals surface area contributed by atoms with Gasteiger partial charge in [0.05, 0.1) is 36.2 Å². The maximum atomic E-state index is 14.1. The molecule has 2 atom stereocenters. The zero-order valence-corrected chi connectivity index (χ0v) is 20.6. The number of aromatic amines is 1. The smallest absolute Gasteiger partial charge is 0.347 e. The first-order valence-corrected chi connectivity index (χ1v) is 12.1. The van der Waals surface area contributed by atoms with Crippen LogP contribution in [0.15, 0.2) is 55.0 Å². The zero-order chi connectivity index (χ0) is 25.0. The lowest BCUT2D eigenvalue weighted by Gasteiger charge is -2.46. The van der Waals surface area contributed by atoms with E-state index < -0.39 is 11.8 Å². The minimum Gasteiger partial charge on any atom is -0.347 e. The van der Waals surface area contributed by atoms with E-state index in [1.54, 1.807) is 29.6 Å². The number of H-pyrrole nitrogens is 1. The fourth-order valence-corrected chi connectivity index (χ4v) is 5.08. The molecule has 1 aliphatic heterocycles. The molecule has 1 unspecified atom stereocenters. The van der Waals surface area contributed by atoms with Gasteiger partial charge >= 0.3 is 11.8 Å². The van der Waals surface area contributed by atoms with Crippen LogP contribution in [0.25, 0.3) is 0 Å². The maximum absolute atomic E-state index is 14.1. The van der Waals surface area contributed by atoms with Crippen molar-refractivity contribution < 1.29 is 9.59 Å². The van der Waals surface area contributed by atoms with Crippen molar-refractivity contribution in [2.45, 2.75) is 59.2 Å². The lowest BCUT2D eigenvalue weighted by atomic mass is 9.96. The monoisotopic (exact) mass is 470 g/mol. The highest BCUT2D eigenvalue weighted by atomic mass is 16.2. The van der Waals surface area contributed by atoms with Gasteiger partial charge in [0.2, 0.25) is 0 Å². The number of carbonyl (C=O) groups excluding carboxylic acids is 2. The average Bonchev–Trinajstić information content (AvgIpc) is 3.38. The molecule has 180 valence electrons. The Morgan fingerprint density at radius 1 is 1.17 bits per heavy atom. The minimum absolute atomic E-state index is 0.0495. The number of carbonyl (C=O) groups is 2. The molecule has 0 radical (unpaired) electrons. The summed E-state index contributed by atoms with van der Waals surface area (Å²) in [5.41, 5.74) is 5.28. The molecule has 0 spiro atoms. The molecule has 0 aliphatic carbocycles. The molecule has 1 N–H and O–H groups in total. The van der Waals surface area contributed by atoms with Gasteiger partial charge in [0.1, 0.15) is 18.8 Å². The van der Waals surface area contributed by atoms with Gasteiger partial charge in [-0.15, -0.1) is 0 Å². The number of hydrogen-bond donors (Lipinski definition) is 1. The predicted molar refractivity (Wildman–Crippen MR) is 135 cm³/mol. The van der Waals surface area contributed by atoms with Crippen LogP contribution >= 0.6 is 0 Å². The van der Waals surface area contributed by atoms with Crippen molar-refractivity contribution in [3.05, 3.63) is 82.9 Å². The SMILES string of the molecule is CCCCC1C[N@@+](Cc2ccc(C#N)cc2)(c2cccc(C)c2C)C(=O)C(=O)N1Cc1cnc[nH]1. The van der Waals surface area contributed by atoms with Crippen molar-refractivity contribution in [2.24, 2.45) is 0 Å². The summed E-state index contributed by atoms with van der Waals surface area (Å²) in [7, 11) is 0. The van der Waals surface area contributed by atoms with Crippen molar-refractivity contribution in [3.63, 3.8) is 0 Å². The van der Waals surface area contributed by atoms with Crippen molar-refractivity contribution in [3.8, 4) is 6.07 Å². The summed E-state index contributed by atoms with van der Waals surface area (Å²) in [6.45, 7) is 7.40. The van der Waals surface area contributed by atoms with Gasteiger partial charge in [-0.05, 0) is 44.0 Å². The van der Waals surface area contributed by atoms with E-state index in [2.05, 4.69) is 23.0 Å². The second-order valence-electron chi connectivity index (χ2n) is 9.45. The Balaban J connectivity index is 1.82. The number of amides is 2. The van der Waals surface area contributed by atoms with Gasteiger partial charge in [-0.3, -0.25) is 4.79 Å². The molecule has 7 nitrogen and oxygen atoms in total.